The van der Waals surface area contributed by atoms with E-state index in [-0.39, 0.29) is 5.56 Å². The maximum atomic E-state index is 13.9. The summed E-state index contributed by atoms with van der Waals surface area (Å²) in [5.74, 6) is 0.117. The standard InChI is InChI=1S/C15H11BrClFO2/c16-9-5-8-3-4-20-15(8)12(6-9)14(19)11-2-1-10(17)7-13(11)18/h1-2,5-7,14,19H,3-4H2. The predicted molar refractivity (Wildman–Crippen MR) is 78.8 cm³/mol. The highest BCUT2D eigenvalue weighted by Gasteiger charge is 2.24. The Balaban J connectivity index is 2.09. The summed E-state index contributed by atoms with van der Waals surface area (Å²) in [5, 5.41) is 10.8. The molecule has 1 N–H and O–H groups in total. The minimum absolute atomic E-state index is 0.185. The number of halogens is 3. The molecule has 1 unspecified atom stereocenters. The molecule has 0 spiro atoms. The van der Waals surface area contributed by atoms with Crippen LogP contribution in [0.2, 0.25) is 5.02 Å². The summed E-state index contributed by atoms with van der Waals surface area (Å²) in [6, 6.07) is 7.95. The van der Waals surface area contributed by atoms with E-state index in [0.717, 1.165) is 16.5 Å². The van der Waals surface area contributed by atoms with Crippen molar-refractivity contribution < 1.29 is 14.2 Å². The van der Waals surface area contributed by atoms with Gasteiger partial charge in [0.2, 0.25) is 0 Å². The van der Waals surface area contributed by atoms with Gasteiger partial charge in [-0.2, -0.15) is 0 Å². The lowest BCUT2D eigenvalue weighted by Crippen LogP contribution is -2.05. The lowest BCUT2D eigenvalue weighted by atomic mass is 9.98. The van der Waals surface area contributed by atoms with Crippen LogP contribution in [0.15, 0.2) is 34.8 Å². The largest absolute Gasteiger partial charge is 0.493 e. The van der Waals surface area contributed by atoms with E-state index in [2.05, 4.69) is 15.9 Å². The SMILES string of the molecule is OC(c1ccc(Cl)cc1F)c1cc(Br)cc2c1OCC2. The third kappa shape index (κ3) is 2.43. The molecule has 0 aromatic heterocycles. The first-order valence-electron chi connectivity index (χ1n) is 6.14. The molecule has 20 heavy (non-hydrogen) atoms. The van der Waals surface area contributed by atoms with Gasteiger partial charge in [0.1, 0.15) is 17.7 Å². The second-order valence-electron chi connectivity index (χ2n) is 4.65. The molecule has 0 fully saturated rings. The van der Waals surface area contributed by atoms with Gasteiger partial charge in [0.15, 0.2) is 0 Å². The summed E-state index contributed by atoms with van der Waals surface area (Å²) in [5.41, 5.74) is 1.76. The highest BCUT2D eigenvalue weighted by Crippen LogP contribution is 2.39. The summed E-state index contributed by atoms with van der Waals surface area (Å²) >= 11 is 9.14. The lowest BCUT2D eigenvalue weighted by Gasteiger charge is -2.16. The van der Waals surface area contributed by atoms with Crippen molar-refractivity contribution in [1.29, 1.82) is 0 Å². The van der Waals surface area contributed by atoms with Gasteiger partial charge in [0.05, 0.1) is 6.61 Å². The minimum atomic E-state index is -1.09. The van der Waals surface area contributed by atoms with Crippen LogP contribution in [0, 0.1) is 5.82 Å². The number of aliphatic hydroxyl groups excluding tert-OH is 1. The van der Waals surface area contributed by atoms with Crippen LogP contribution < -0.4 is 4.74 Å². The molecule has 0 aliphatic carbocycles. The Hall–Kier alpha value is -1.10. The van der Waals surface area contributed by atoms with Gasteiger partial charge in [-0.1, -0.05) is 33.6 Å². The molecule has 0 bridgehead atoms. The van der Waals surface area contributed by atoms with Crippen molar-refractivity contribution in [3.8, 4) is 5.75 Å². The van der Waals surface area contributed by atoms with E-state index in [1.54, 1.807) is 12.1 Å². The van der Waals surface area contributed by atoms with E-state index in [4.69, 9.17) is 16.3 Å². The third-order valence-corrected chi connectivity index (χ3v) is 4.02. The van der Waals surface area contributed by atoms with E-state index >= 15 is 0 Å². The number of fused-ring (bicyclic) bond motifs is 1. The number of aliphatic hydroxyl groups is 1. The summed E-state index contributed by atoms with van der Waals surface area (Å²) < 4.78 is 20.3. The molecule has 1 aliphatic rings. The molecular weight excluding hydrogens is 347 g/mol. The molecule has 0 radical (unpaired) electrons. The van der Waals surface area contributed by atoms with E-state index in [1.165, 1.54) is 12.1 Å². The summed E-state index contributed by atoms with van der Waals surface area (Å²) in [6.45, 7) is 0.578. The molecule has 104 valence electrons. The first-order chi connectivity index (χ1) is 9.56. The van der Waals surface area contributed by atoms with Crippen LogP contribution in [-0.4, -0.2) is 11.7 Å². The predicted octanol–water partition coefficient (Wildman–Crippen LogP) is 4.26. The van der Waals surface area contributed by atoms with Crippen LogP contribution in [0.25, 0.3) is 0 Å². The zero-order valence-electron chi connectivity index (χ0n) is 10.4. The van der Waals surface area contributed by atoms with Gasteiger partial charge in [-0.05, 0) is 29.8 Å². The van der Waals surface area contributed by atoms with Gasteiger partial charge in [-0.3, -0.25) is 0 Å². The Morgan fingerprint density at radius 1 is 1.25 bits per heavy atom. The number of benzene rings is 2. The number of hydrogen-bond donors (Lipinski definition) is 1. The molecular formula is C15H11BrClFO2. The Bertz CT molecular complexity index is 675. The van der Waals surface area contributed by atoms with Gasteiger partial charge in [0.25, 0.3) is 0 Å². The average molecular weight is 358 g/mol. The molecule has 1 aliphatic heterocycles. The highest BCUT2D eigenvalue weighted by atomic mass is 79.9. The molecule has 0 amide bonds. The van der Waals surface area contributed by atoms with Gasteiger partial charge < -0.3 is 9.84 Å². The maximum absolute atomic E-state index is 13.9. The quantitative estimate of drug-likeness (QED) is 0.870. The van der Waals surface area contributed by atoms with Crippen molar-refractivity contribution in [3.63, 3.8) is 0 Å². The van der Waals surface area contributed by atoms with Crippen LogP contribution in [0.3, 0.4) is 0 Å². The molecule has 0 saturated heterocycles. The van der Waals surface area contributed by atoms with Crippen LogP contribution in [-0.2, 0) is 6.42 Å². The van der Waals surface area contributed by atoms with Crippen LogP contribution in [0.5, 0.6) is 5.75 Å². The van der Waals surface area contributed by atoms with Crippen molar-refractivity contribution in [3.05, 3.63) is 62.3 Å². The lowest BCUT2D eigenvalue weighted by molar-refractivity contribution is 0.208. The highest BCUT2D eigenvalue weighted by molar-refractivity contribution is 9.10. The van der Waals surface area contributed by atoms with Crippen molar-refractivity contribution >= 4 is 27.5 Å². The molecule has 3 rings (SSSR count). The Labute approximate surface area is 129 Å². The normalized spacial score (nSPS) is 14.8. The van der Waals surface area contributed by atoms with Crippen LogP contribution in [0.4, 0.5) is 4.39 Å². The first kappa shape index (κ1) is 13.9. The molecule has 0 saturated carbocycles. The second-order valence-corrected chi connectivity index (χ2v) is 6.00. The smallest absolute Gasteiger partial charge is 0.130 e. The van der Waals surface area contributed by atoms with Crippen molar-refractivity contribution in [2.24, 2.45) is 0 Å². The Morgan fingerprint density at radius 2 is 2.05 bits per heavy atom. The minimum Gasteiger partial charge on any atom is -0.493 e. The molecule has 2 nitrogen and oxygen atoms in total. The fourth-order valence-electron chi connectivity index (χ4n) is 2.39. The second kappa shape index (κ2) is 5.35. The van der Waals surface area contributed by atoms with E-state index < -0.39 is 11.9 Å². The van der Waals surface area contributed by atoms with E-state index in [0.29, 0.717) is 22.9 Å². The molecule has 2 aromatic carbocycles. The van der Waals surface area contributed by atoms with Gasteiger partial charge in [0, 0.05) is 27.0 Å². The fourth-order valence-corrected chi connectivity index (χ4v) is 3.07. The topological polar surface area (TPSA) is 29.5 Å². The number of rotatable bonds is 2. The number of ether oxygens (including phenoxy) is 1. The third-order valence-electron chi connectivity index (χ3n) is 3.33. The first-order valence-corrected chi connectivity index (χ1v) is 7.31. The zero-order valence-corrected chi connectivity index (χ0v) is 12.7. The molecule has 5 heteroatoms. The van der Waals surface area contributed by atoms with Crippen LogP contribution >= 0.6 is 27.5 Å². The van der Waals surface area contributed by atoms with Crippen molar-refractivity contribution in [2.45, 2.75) is 12.5 Å². The molecule has 1 heterocycles. The van der Waals surface area contributed by atoms with Gasteiger partial charge in [-0.15, -0.1) is 0 Å². The van der Waals surface area contributed by atoms with Crippen molar-refractivity contribution in [2.75, 3.05) is 6.61 Å². The van der Waals surface area contributed by atoms with Crippen LogP contribution in [0.1, 0.15) is 22.8 Å². The average Bonchev–Trinajstić information content (AvgIpc) is 2.85. The van der Waals surface area contributed by atoms with Crippen molar-refractivity contribution in [1.82, 2.24) is 0 Å². The monoisotopic (exact) mass is 356 g/mol. The summed E-state index contributed by atoms with van der Waals surface area (Å²) in [6.07, 6.45) is -0.297. The number of hydrogen-bond acceptors (Lipinski definition) is 2. The maximum Gasteiger partial charge on any atom is 0.130 e. The summed E-state index contributed by atoms with van der Waals surface area (Å²) in [4.78, 5) is 0. The van der Waals surface area contributed by atoms with Gasteiger partial charge in [-0.25, -0.2) is 4.39 Å². The molecule has 2 aromatic rings. The summed E-state index contributed by atoms with van der Waals surface area (Å²) in [7, 11) is 0. The van der Waals surface area contributed by atoms with Gasteiger partial charge >= 0.3 is 0 Å². The molecule has 1 atom stereocenters. The zero-order chi connectivity index (χ0) is 14.3. The van der Waals surface area contributed by atoms with E-state index in [9.17, 15) is 9.50 Å². The Morgan fingerprint density at radius 3 is 2.80 bits per heavy atom. The fraction of sp³-hybridized carbons (Fsp3) is 0.200. The Kier molecular flexibility index (Phi) is 3.71. The van der Waals surface area contributed by atoms with E-state index in [1.807, 2.05) is 6.07 Å².